The number of hydrogen-bond acceptors (Lipinski definition) is 6. The standard InChI is InChI=1S/C20H30FN2O5/c21-16-10-12-17(13-11-16)28-14-6-5-8-19-18(22(26)15-23(19)27)7-3-1-2-4-9-20(24)25/h10-13,18-19,27H,1-9,14-15H2,(H,24,25)/q-1. The molecule has 0 spiro atoms. The zero-order valence-corrected chi connectivity index (χ0v) is 16.1. The van der Waals surface area contributed by atoms with E-state index in [0.717, 1.165) is 42.2 Å². The number of carbonyl (C=O) groups is 1. The highest BCUT2D eigenvalue weighted by Crippen LogP contribution is 2.27. The van der Waals surface area contributed by atoms with Gasteiger partial charge >= 0.3 is 5.97 Å². The zero-order valence-electron chi connectivity index (χ0n) is 16.1. The summed E-state index contributed by atoms with van der Waals surface area (Å²) in [5.41, 5.74) is 0. The number of aliphatic carboxylic acids is 1. The maximum atomic E-state index is 12.9. The van der Waals surface area contributed by atoms with E-state index in [1.165, 1.54) is 12.1 Å². The first kappa shape index (κ1) is 22.5. The molecule has 2 rings (SSSR count). The van der Waals surface area contributed by atoms with Crippen molar-refractivity contribution in [2.24, 2.45) is 0 Å². The lowest BCUT2D eigenvalue weighted by Crippen LogP contribution is -2.35. The number of benzene rings is 1. The molecule has 1 heterocycles. The smallest absolute Gasteiger partial charge is 0.303 e. The van der Waals surface area contributed by atoms with Crippen LogP contribution >= 0.6 is 0 Å². The molecule has 2 N–H and O–H groups in total. The van der Waals surface area contributed by atoms with Crippen LogP contribution in [0.3, 0.4) is 0 Å². The van der Waals surface area contributed by atoms with Gasteiger partial charge in [0.05, 0.1) is 19.3 Å². The predicted molar refractivity (Wildman–Crippen MR) is 102 cm³/mol. The summed E-state index contributed by atoms with van der Waals surface area (Å²) in [6, 6.07) is 5.46. The van der Waals surface area contributed by atoms with E-state index in [-0.39, 0.29) is 31.0 Å². The van der Waals surface area contributed by atoms with Crippen molar-refractivity contribution in [1.29, 1.82) is 0 Å². The van der Waals surface area contributed by atoms with Crippen LogP contribution in [-0.2, 0) is 4.79 Å². The van der Waals surface area contributed by atoms with Crippen molar-refractivity contribution in [3.63, 3.8) is 0 Å². The number of carboxylic acid groups (broad SMARTS) is 1. The number of carboxylic acids is 1. The van der Waals surface area contributed by atoms with E-state index in [9.17, 15) is 19.6 Å². The Labute approximate surface area is 165 Å². The molecule has 1 saturated heterocycles. The molecule has 0 saturated carbocycles. The molecular formula is C20H30FN2O5-. The van der Waals surface area contributed by atoms with Gasteiger partial charge in [0.25, 0.3) is 0 Å². The summed E-state index contributed by atoms with van der Waals surface area (Å²) in [5.74, 6) is -0.454. The van der Waals surface area contributed by atoms with Crippen molar-refractivity contribution in [1.82, 2.24) is 10.1 Å². The Hall–Kier alpha value is -1.74. The predicted octanol–water partition coefficient (Wildman–Crippen LogP) is 4.00. The third-order valence-electron chi connectivity index (χ3n) is 5.10. The van der Waals surface area contributed by atoms with Gasteiger partial charge in [0.15, 0.2) is 0 Å². The van der Waals surface area contributed by atoms with E-state index in [4.69, 9.17) is 9.84 Å². The van der Waals surface area contributed by atoms with Crippen LogP contribution in [0.15, 0.2) is 24.3 Å². The zero-order chi connectivity index (χ0) is 20.4. The maximum Gasteiger partial charge on any atom is 0.303 e. The molecular weight excluding hydrogens is 367 g/mol. The molecule has 28 heavy (non-hydrogen) atoms. The Morgan fingerprint density at radius 2 is 1.71 bits per heavy atom. The Morgan fingerprint density at radius 3 is 2.43 bits per heavy atom. The van der Waals surface area contributed by atoms with Crippen molar-refractivity contribution in [3.05, 3.63) is 35.3 Å². The van der Waals surface area contributed by atoms with Gasteiger partial charge in [-0.25, -0.2) is 4.39 Å². The molecule has 1 aliphatic heterocycles. The topological polar surface area (TPSA) is 96.3 Å². The molecule has 0 amide bonds. The minimum absolute atomic E-state index is 0.000424. The first-order valence-electron chi connectivity index (χ1n) is 9.97. The summed E-state index contributed by atoms with van der Waals surface area (Å²) < 4.78 is 18.4. The fourth-order valence-electron chi connectivity index (χ4n) is 3.58. The molecule has 1 fully saturated rings. The lowest BCUT2D eigenvalue weighted by Gasteiger charge is -2.31. The van der Waals surface area contributed by atoms with Crippen LogP contribution in [0.4, 0.5) is 4.39 Å². The van der Waals surface area contributed by atoms with Crippen LogP contribution in [0.2, 0.25) is 0 Å². The quantitative estimate of drug-likeness (QED) is 0.486. The number of halogens is 1. The molecule has 8 heteroatoms. The molecule has 1 aromatic carbocycles. The van der Waals surface area contributed by atoms with Gasteiger partial charge in [-0.2, -0.15) is 5.06 Å². The molecule has 0 bridgehead atoms. The summed E-state index contributed by atoms with van der Waals surface area (Å²) in [5, 5.41) is 32.8. The van der Waals surface area contributed by atoms with Crippen molar-refractivity contribution < 1.29 is 24.2 Å². The summed E-state index contributed by atoms with van der Waals surface area (Å²) in [7, 11) is 0. The van der Waals surface area contributed by atoms with Crippen molar-refractivity contribution in [2.75, 3.05) is 13.3 Å². The Bertz CT molecular complexity index is 586. The second-order valence-corrected chi connectivity index (χ2v) is 7.28. The van der Waals surface area contributed by atoms with E-state index in [2.05, 4.69) is 0 Å². The summed E-state index contributed by atoms with van der Waals surface area (Å²) in [6.07, 6.45) is 6.41. The van der Waals surface area contributed by atoms with Crippen LogP contribution in [0.1, 0.15) is 57.8 Å². The van der Waals surface area contributed by atoms with Crippen LogP contribution in [0, 0.1) is 11.0 Å². The largest absolute Gasteiger partial charge is 0.784 e. The molecule has 7 nitrogen and oxygen atoms in total. The third-order valence-corrected chi connectivity index (χ3v) is 5.10. The summed E-state index contributed by atoms with van der Waals surface area (Å²) in [4.78, 5) is 10.5. The average Bonchev–Trinajstić information content (AvgIpc) is 2.92. The van der Waals surface area contributed by atoms with Gasteiger partial charge in [-0.05, 0) is 56.4 Å². The highest BCUT2D eigenvalue weighted by Gasteiger charge is 2.33. The molecule has 1 aromatic rings. The highest BCUT2D eigenvalue weighted by molar-refractivity contribution is 5.66. The van der Waals surface area contributed by atoms with Crippen LogP contribution < -0.4 is 4.74 Å². The molecule has 0 radical (unpaired) electrons. The lowest BCUT2D eigenvalue weighted by molar-refractivity contribution is -0.137. The lowest BCUT2D eigenvalue weighted by atomic mass is 9.97. The Kier molecular flexibility index (Phi) is 9.63. The van der Waals surface area contributed by atoms with Crippen LogP contribution in [0.25, 0.3) is 0 Å². The molecule has 0 aliphatic carbocycles. The minimum atomic E-state index is -0.777. The molecule has 1 aliphatic rings. The van der Waals surface area contributed by atoms with Gasteiger partial charge in [-0.15, -0.1) is 0 Å². The number of nitrogens with zero attached hydrogens (tertiary/aromatic N) is 2. The van der Waals surface area contributed by atoms with E-state index in [1.807, 2.05) is 0 Å². The monoisotopic (exact) mass is 397 g/mol. The first-order valence-corrected chi connectivity index (χ1v) is 9.97. The summed E-state index contributed by atoms with van der Waals surface area (Å²) >= 11 is 0. The van der Waals surface area contributed by atoms with Crippen LogP contribution in [0.5, 0.6) is 5.75 Å². The molecule has 2 atom stereocenters. The van der Waals surface area contributed by atoms with E-state index in [0.29, 0.717) is 31.6 Å². The Morgan fingerprint density at radius 1 is 1.07 bits per heavy atom. The fourth-order valence-corrected chi connectivity index (χ4v) is 3.58. The SMILES string of the molecule is O=C(O)CCCCCCC1C(CCCCOc2ccc(F)cc2)N(O)CN1[O-]. The number of hydroxylamine groups is 4. The van der Waals surface area contributed by atoms with Gasteiger partial charge in [-0.1, -0.05) is 19.3 Å². The van der Waals surface area contributed by atoms with Gasteiger partial charge in [0.1, 0.15) is 11.6 Å². The first-order chi connectivity index (χ1) is 13.5. The second kappa shape index (κ2) is 12.0. The molecule has 2 unspecified atom stereocenters. The number of rotatable bonds is 13. The summed E-state index contributed by atoms with van der Waals surface area (Å²) in [6.45, 7) is 0.500. The number of ether oxygens (including phenoxy) is 1. The minimum Gasteiger partial charge on any atom is -0.784 e. The van der Waals surface area contributed by atoms with Crippen molar-refractivity contribution in [3.8, 4) is 5.75 Å². The molecule has 0 aromatic heterocycles. The van der Waals surface area contributed by atoms with E-state index >= 15 is 0 Å². The Balaban J connectivity index is 1.63. The van der Waals surface area contributed by atoms with Gasteiger partial charge in [-0.3, -0.25) is 4.79 Å². The molecule has 158 valence electrons. The van der Waals surface area contributed by atoms with Gasteiger partial charge < -0.3 is 25.3 Å². The number of hydrogen-bond donors (Lipinski definition) is 2. The third kappa shape index (κ3) is 7.71. The van der Waals surface area contributed by atoms with Crippen molar-refractivity contribution >= 4 is 5.97 Å². The maximum absolute atomic E-state index is 12.9. The van der Waals surface area contributed by atoms with E-state index < -0.39 is 5.97 Å². The van der Waals surface area contributed by atoms with E-state index in [1.54, 1.807) is 12.1 Å². The van der Waals surface area contributed by atoms with Gasteiger partial charge in [0.2, 0.25) is 0 Å². The van der Waals surface area contributed by atoms with Gasteiger partial charge in [0, 0.05) is 12.5 Å². The highest BCUT2D eigenvalue weighted by atomic mass is 19.1. The average molecular weight is 397 g/mol. The normalized spacial score (nSPS) is 20.5. The van der Waals surface area contributed by atoms with Crippen molar-refractivity contribution in [2.45, 2.75) is 69.9 Å². The van der Waals surface area contributed by atoms with Crippen LogP contribution in [-0.4, -0.2) is 51.8 Å². The second-order valence-electron chi connectivity index (χ2n) is 7.28. The number of unbranched alkanes of at least 4 members (excludes halogenated alkanes) is 4. The fraction of sp³-hybridized carbons (Fsp3) is 0.650.